The standard InChI is InChI=1S/C27H24F5N5O4/c28-17-6-7-20(19(29)10-17)37-23(27(30,31)32)18(13-34-37)25-35-24(36-41-25)16-4-2-15(3-5-16)21(38)11-26(12-22(39)40)8-1-9-33-14-26/h2-7,10,13,21,33,38H,1,8-9,11-12,14H2,(H,39,40)/t21-,26+/m0/s1. The lowest BCUT2D eigenvalue weighted by molar-refractivity contribution is -0.142. The summed E-state index contributed by atoms with van der Waals surface area (Å²) < 4.78 is 75.1. The first-order valence-corrected chi connectivity index (χ1v) is 12.6. The number of carboxylic acid groups (broad SMARTS) is 1. The second kappa shape index (κ2) is 11.0. The summed E-state index contributed by atoms with van der Waals surface area (Å²) in [6.45, 7) is 1.26. The van der Waals surface area contributed by atoms with Gasteiger partial charge in [-0.15, -0.1) is 0 Å². The molecule has 2 aromatic carbocycles. The Bertz CT molecular complexity index is 1540. The summed E-state index contributed by atoms with van der Waals surface area (Å²) in [4.78, 5) is 15.5. The van der Waals surface area contributed by atoms with Gasteiger partial charge in [0, 0.05) is 18.2 Å². The fourth-order valence-electron chi connectivity index (χ4n) is 5.19. The van der Waals surface area contributed by atoms with Crippen molar-refractivity contribution in [2.45, 2.75) is 38.0 Å². The van der Waals surface area contributed by atoms with Gasteiger partial charge in [0.05, 0.1) is 24.3 Å². The van der Waals surface area contributed by atoms with Crippen LogP contribution in [0, 0.1) is 17.0 Å². The zero-order chi connectivity index (χ0) is 29.4. The minimum absolute atomic E-state index is 0.0475. The van der Waals surface area contributed by atoms with Crippen molar-refractivity contribution >= 4 is 5.97 Å². The van der Waals surface area contributed by atoms with E-state index in [4.69, 9.17) is 4.52 Å². The minimum Gasteiger partial charge on any atom is -0.481 e. The molecule has 9 nitrogen and oxygen atoms in total. The van der Waals surface area contributed by atoms with E-state index in [9.17, 15) is 37.0 Å². The van der Waals surface area contributed by atoms with Crippen LogP contribution in [0.2, 0.25) is 0 Å². The van der Waals surface area contributed by atoms with E-state index in [1.54, 1.807) is 24.3 Å². The van der Waals surface area contributed by atoms with Crippen molar-refractivity contribution in [3.63, 3.8) is 0 Å². The first kappa shape index (κ1) is 28.4. The molecule has 4 aromatic rings. The number of benzene rings is 2. The van der Waals surface area contributed by atoms with Crippen molar-refractivity contribution in [2.24, 2.45) is 5.41 Å². The lowest BCUT2D eigenvalue weighted by Crippen LogP contribution is -2.42. The molecule has 1 aliphatic heterocycles. The number of hydrogen-bond acceptors (Lipinski definition) is 7. The number of rotatable bonds is 8. The monoisotopic (exact) mass is 577 g/mol. The highest BCUT2D eigenvalue weighted by molar-refractivity contribution is 5.68. The molecule has 0 amide bonds. The second-order valence-electron chi connectivity index (χ2n) is 10.0. The molecule has 216 valence electrons. The average Bonchev–Trinajstić information content (AvgIpc) is 3.56. The molecule has 14 heteroatoms. The molecule has 0 aliphatic carbocycles. The lowest BCUT2D eigenvalue weighted by atomic mass is 9.73. The Balaban J connectivity index is 1.39. The number of aliphatic hydroxyl groups is 1. The number of alkyl halides is 3. The molecular weight excluding hydrogens is 553 g/mol. The van der Waals surface area contributed by atoms with E-state index in [1.165, 1.54) is 0 Å². The third-order valence-corrected chi connectivity index (χ3v) is 7.10. The van der Waals surface area contributed by atoms with E-state index < -0.39 is 58.1 Å². The largest absolute Gasteiger partial charge is 0.481 e. The number of nitrogens with one attached hydrogen (secondary N) is 1. The van der Waals surface area contributed by atoms with E-state index in [0.29, 0.717) is 34.8 Å². The third kappa shape index (κ3) is 5.98. The fourth-order valence-corrected chi connectivity index (χ4v) is 5.19. The zero-order valence-electron chi connectivity index (χ0n) is 21.3. The van der Waals surface area contributed by atoms with Gasteiger partial charge in [-0.1, -0.05) is 29.4 Å². The first-order chi connectivity index (χ1) is 19.5. The smallest absolute Gasteiger partial charge is 0.434 e. The molecule has 0 saturated carbocycles. The van der Waals surface area contributed by atoms with Gasteiger partial charge >= 0.3 is 12.1 Å². The summed E-state index contributed by atoms with van der Waals surface area (Å²) in [5.41, 5.74) is -2.30. The van der Waals surface area contributed by atoms with Gasteiger partial charge < -0.3 is 20.1 Å². The van der Waals surface area contributed by atoms with Crippen LogP contribution < -0.4 is 5.32 Å². The highest BCUT2D eigenvalue weighted by Gasteiger charge is 2.41. The predicted octanol–water partition coefficient (Wildman–Crippen LogP) is 5.15. The molecule has 0 unspecified atom stereocenters. The van der Waals surface area contributed by atoms with Gasteiger partial charge in [-0.05, 0) is 48.9 Å². The molecule has 41 heavy (non-hydrogen) atoms. The molecule has 0 bridgehead atoms. The Morgan fingerprint density at radius 2 is 1.93 bits per heavy atom. The van der Waals surface area contributed by atoms with E-state index in [0.717, 1.165) is 31.3 Å². The Kier molecular flexibility index (Phi) is 7.62. The van der Waals surface area contributed by atoms with Crippen molar-refractivity contribution in [1.29, 1.82) is 0 Å². The van der Waals surface area contributed by atoms with E-state index in [-0.39, 0.29) is 18.7 Å². The van der Waals surface area contributed by atoms with Crippen LogP contribution in [0.5, 0.6) is 0 Å². The van der Waals surface area contributed by atoms with Crippen molar-refractivity contribution in [1.82, 2.24) is 25.2 Å². The van der Waals surface area contributed by atoms with Crippen molar-refractivity contribution in [3.8, 4) is 28.5 Å². The molecule has 0 radical (unpaired) electrons. The van der Waals surface area contributed by atoms with Gasteiger partial charge in [0.1, 0.15) is 11.5 Å². The summed E-state index contributed by atoms with van der Waals surface area (Å²) in [5.74, 6) is -3.71. The van der Waals surface area contributed by atoms with E-state index >= 15 is 0 Å². The van der Waals surface area contributed by atoms with Gasteiger partial charge in [0.15, 0.2) is 11.5 Å². The Morgan fingerprint density at radius 3 is 2.56 bits per heavy atom. The van der Waals surface area contributed by atoms with Gasteiger partial charge in [-0.2, -0.15) is 23.3 Å². The number of piperidine rings is 1. The maximum Gasteiger partial charge on any atom is 0.434 e. The minimum atomic E-state index is -5.01. The van der Waals surface area contributed by atoms with Gasteiger partial charge in [0.2, 0.25) is 5.82 Å². The number of carboxylic acids is 1. The van der Waals surface area contributed by atoms with Crippen molar-refractivity contribution in [2.75, 3.05) is 13.1 Å². The number of aliphatic carboxylic acids is 1. The molecule has 1 aliphatic rings. The van der Waals surface area contributed by atoms with Crippen LogP contribution in [0.4, 0.5) is 22.0 Å². The molecule has 2 atom stereocenters. The predicted molar refractivity (Wildman–Crippen MR) is 134 cm³/mol. The highest BCUT2D eigenvalue weighted by Crippen LogP contribution is 2.40. The Morgan fingerprint density at radius 1 is 1.17 bits per heavy atom. The van der Waals surface area contributed by atoms with Crippen LogP contribution in [0.3, 0.4) is 0 Å². The molecule has 2 aromatic heterocycles. The van der Waals surface area contributed by atoms with Crippen LogP contribution in [0.25, 0.3) is 28.5 Å². The van der Waals surface area contributed by atoms with Crippen molar-refractivity contribution < 1.29 is 41.5 Å². The summed E-state index contributed by atoms with van der Waals surface area (Å²) in [7, 11) is 0. The first-order valence-electron chi connectivity index (χ1n) is 12.6. The Labute approximate surface area is 229 Å². The van der Waals surface area contributed by atoms with Crippen LogP contribution in [-0.2, 0) is 11.0 Å². The third-order valence-electron chi connectivity index (χ3n) is 7.10. The van der Waals surface area contributed by atoms with Crippen LogP contribution in [0.15, 0.2) is 53.2 Å². The maximum atomic E-state index is 14.3. The summed E-state index contributed by atoms with van der Waals surface area (Å²) in [5, 5.41) is 30.8. The van der Waals surface area contributed by atoms with Crippen LogP contribution >= 0.6 is 0 Å². The normalized spacial score (nSPS) is 18.4. The highest BCUT2D eigenvalue weighted by atomic mass is 19.4. The van der Waals surface area contributed by atoms with Crippen molar-refractivity contribution in [3.05, 3.63) is 71.6 Å². The Hall–Kier alpha value is -4.17. The summed E-state index contributed by atoms with van der Waals surface area (Å²) in [6.07, 6.45) is -3.54. The SMILES string of the molecule is O=C(O)C[C@]1(C[C@H](O)c2ccc(-c3noc(-c4cnn(-c5ccc(F)cc5F)c4C(F)(F)F)n3)cc2)CCCNC1. The number of aliphatic hydroxyl groups excluding tert-OH is 1. The molecular formula is C27H24F5N5O4. The quantitative estimate of drug-likeness (QED) is 0.246. The van der Waals surface area contributed by atoms with Crippen LogP contribution in [0.1, 0.15) is 43.0 Å². The van der Waals surface area contributed by atoms with Gasteiger partial charge in [-0.3, -0.25) is 4.79 Å². The molecule has 1 fully saturated rings. The molecule has 1 saturated heterocycles. The lowest BCUT2D eigenvalue weighted by Gasteiger charge is -2.38. The molecule has 3 N–H and O–H groups in total. The van der Waals surface area contributed by atoms with Crippen LogP contribution in [-0.4, -0.2) is 49.2 Å². The number of carbonyl (C=O) groups is 1. The van der Waals surface area contributed by atoms with E-state index in [1.807, 2.05) is 0 Å². The fraction of sp³-hybridized carbons (Fsp3) is 0.333. The second-order valence-corrected chi connectivity index (χ2v) is 10.0. The molecule has 0 spiro atoms. The van der Waals surface area contributed by atoms with Gasteiger partial charge in [-0.25, -0.2) is 13.5 Å². The van der Waals surface area contributed by atoms with Gasteiger partial charge in [0.25, 0.3) is 5.89 Å². The number of aromatic nitrogens is 4. The molecule has 3 heterocycles. The maximum absolute atomic E-state index is 14.3. The number of nitrogens with zero attached hydrogens (tertiary/aromatic N) is 4. The number of halogens is 5. The zero-order valence-corrected chi connectivity index (χ0v) is 21.3. The average molecular weight is 578 g/mol. The molecule has 5 rings (SSSR count). The van der Waals surface area contributed by atoms with E-state index in [2.05, 4.69) is 20.6 Å². The summed E-state index contributed by atoms with van der Waals surface area (Å²) >= 11 is 0. The summed E-state index contributed by atoms with van der Waals surface area (Å²) in [6, 6.07) is 8.38. The topological polar surface area (TPSA) is 126 Å². The number of hydrogen-bond donors (Lipinski definition) is 3.